The van der Waals surface area contributed by atoms with Crippen molar-refractivity contribution in [3.63, 3.8) is 0 Å². The molecular weight excluding hydrogens is 420 g/mol. The first-order valence-corrected chi connectivity index (χ1v) is 10.8. The molecule has 0 unspecified atom stereocenters. The van der Waals surface area contributed by atoms with Gasteiger partial charge in [0.15, 0.2) is 0 Å². The van der Waals surface area contributed by atoms with Crippen LogP contribution in [0.5, 0.6) is 0 Å². The molecule has 0 radical (unpaired) electrons. The second kappa shape index (κ2) is 8.97. The Morgan fingerprint density at radius 1 is 1.21 bits per heavy atom. The molecule has 170 valence electrons. The van der Waals surface area contributed by atoms with Crippen LogP contribution in [0.3, 0.4) is 0 Å². The lowest BCUT2D eigenvalue weighted by Crippen LogP contribution is -2.43. The Kier molecular flexibility index (Phi) is 6.09. The minimum absolute atomic E-state index is 0.0606. The van der Waals surface area contributed by atoms with Crippen LogP contribution in [-0.2, 0) is 26.3 Å². The molecule has 8 heteroatoms. The number of hydrogen-bond donors (Lipinski definition) is 0. The van der Waals surface area contributed by atoms with Gasteiger partial charge in [0.2, 0.25) is 17.7 Å². The lowest BCUT2D eigenvalue weighted by Gasteiger charge is -2.32. The van der Waals surface area contributed by atoms with Gasteiger partial charge in [-0.25, -0.2) is 0 Å². The summed E-state index contributed by atoms with van der Waals surface area (Å²) in [6, 6.07) is 12.4. The minimum Gasteiger partial charge on any atom is -0.364 e. The van der Waals surface area contributed by atoms with Gasteiger partial charge in [0.25, 0.3) is 0 Å². The second-order valence-electron chi connectivity index (χ2n) is 8.50. The molecule has 1 aliphatic rings. The van der Waals surface area contributed by atoms with Crippen molar-refractivity contribution in [1.82, 2.24) is 19.9 Å². The van der Waals surface area contributed by atoms with Gasteiger partial charge in [0, 0.05) is 38.3 Å². The highest BCUT2D eigenvalue weighted by molar-refractivity contribution is 6.10. The largest absolute Gasteiger partial charge is 0.364 e. The average Bonchev–Trinajstić information content (AvgIpc) is 3.43. The molecule has 0 saturated carbocycles. The number of aryl methyl sites for hydroxylation is 1. The first-order chi connectivity index (χ1) is 15.8. The summed E-state index contributed by atoms with van der Waals surface area (Å²) in [5.41, 5.74) is 1.67. The molecule has 8 nitrogen and oxygen atoms in total. The molecule has 0 aliphatic carbocycles. The molecule has 2 aromatic heterocycles. The van der Waals surface area contributed by atoms with E-state index in [0.29, 0.717) is 11.3 Å². The Bertz CT molecular complexity index is 1160. The number of aromatic nitrogens is 2. The summed E-state index contributed by atoms with van der Waals surface area (Å²) in [4.78, 5) is 47.2. The van der Waals surface area contributed by atoms with E-state index in [1.54, 1.807) is 36.5 Å². The van der Waals surface area contributed by atoms with Crippen molar-refractivity contribution in [1.29, 1.82) is 0 Å². The van der Waals surface area contributed by atoms with E-state index in [0.717, 1.165) is 11.1 Å². The number of hydrogen-bond acceptors (Lipinski definition) is 6. The van der Waals surface area contributed by atoms with Crippen molar-refractivity contribution in [3.05, 3.63) is 83.5 Å². The molecule has 1 saturated heterocycles. The van der Waals surface area contributed by atoms with E-state index in [-0.39, 0.29) is 43.1 Å². The SMILES string of the molecule is Cc1ccccc1[C@]1(CC(=O)N(C)[C@@H](C)c2ccon2)CC(=O)N(Cc2cccnc2)C1=O. The lowest BCUT2D eigenvalue weighted by molar-refractivity contribution is -0.143. The highest BCUT2D eigenvalue weighted by atomic mass is 16.5. The summed E-state index contributed by atoms with van der Waals surface area (Å²) >= 11 is 0. The molecule has 4 rings (SSSR count). The quantitative estimate of drug-likeness (QED) is 0.517. The van der Waals surface area contributed by atoms with Crippen LogP contribution >= 0.6 is 0 Å². The Labute approximate surface area is 192 Å². The van der Waals surface area contributed by atoms with E-state index in [9.17, 15) is 14.4 Å². The van der Waals surface area contributed by atoms with Gasteiger partial charge in [0.1, 0.15) is 12.0 Å². The fraction of sp³-hybridized carbons (Fsp3) is 0.320. The molecule has 0 bridgehead atoms. The van der Waals surface area contributed by atoms with Crippen LogP contribution in [-0.4, -0.2) is 44.7 Å². The number of likely N-dealkylation sites (tertiary alicyclic amines) is 1. The Hall–Kier alpha value is -3.81. The molecule has 0 spiro atoms. The Morgan fingerprint density at radius 3 is 2.67 bits per heavy atom. The number of rotatable bonds is 7. The zero-order chi connectivity index (χ0) is 23.6. The molecule has 1 aromatic carbocycles. The van der Waals surface area contributed by atoms with Gasteiger partial charge in [-0.3, -0.25) is 24.3 Å². The standard InChI is InChI=1S/C25H26N4O4/c1-17-7-4-5-9-20(17)25(13-22(30)28(3)18(2)21-10-12-33-27-21)14-23(31)29(24(25)32)16-19-8-6-11-26-15-19/h4-12,15,18H,13-14,16H2,1-3H3/t18-,25-/m0/s1. The van der Waals surface area contributed by atoms with Crippen LogP contribution in [0.2, 0.25) is 0 Å². The molecule has 2 atom stereocenters. The third-order valence-corrected chi connectivity index (χ3v) is 6.45. The highest BCUT2D eigenvalue weighted by Gasteiger charge is 2.54. The topological polar surface area (TPSA) is 96.6 Å². The van der Waals surface area contributed by atoms with Crippen molar-refractivity contribution in [3.8, 4) is 0 Å². The third kappa shape index (κ3) is 4.16. The summed E-state index contributed by atoms with van der Waals surface area (Å²) in [5, 5.41) is 3.92. The van der Waals surface area contributed by atoms with Gasteiger partial charge in [0.05, 0.1) is 18.0 Å². The van der Waals surface area contributed by atoms with E-state index < -0.39 is 5.41 Å². The fourth-order valence-corrected chi connectivity index (χ4v) is 4.42. The molecule has 33 heavy (non-hydrogen) atoms. The van der Waals surface area contributed by atoms with Gasteiger partial charge < -0.3 is 9.42 Å². The molecule has 3 aromatic rings. The molecule has 0 N–H and O–H groups in total. The number of carbonyl (C=O) groups is 3. The van der Waals surface area contributed by atoms with Crippen molar-refractivity contribution < 1.29 is 18.9 Å². The van der Waals surface area contributed by atoms with E-state index in [1.807, 2.05) is 44.2 Å². The van der Waals surface area contributed by atoms with Crippen LogP contribution in [0.1, 0.15) is 48.2 Å². The van der Waals surface area contributed by atoms with Crippen LogP contribution < -0.4 is 0 Å². The fourth-order valence-electron chi connectivity index (χ4n) is 4.42. The third-order valence-electron chi connectivity index (χ3n) is 6.45. The van der Waals surface area contributed by atoms with Gasteiger partial charge >= 0.3 is 0 Å². The van der Waals surface area contributed by atoms with Crippen LogP contribution in [0.25, 0.3) is 0 Å². The monoisotopic (exact) mass is 446 g/mol. The lowest BCUT2D eigenvalue weighted by atomic mass is 9.74. The predicted octanol–water partition coefficient (Wildman–Crippen LogP) is 3.18. The van der Waals surface area contributed by atoms with E-state index >= 15 is 0 Å². The first-order valence-electron chi connectivity index (χ1n) is 10.8. The van der Waals surface area contributed by atoms with Crippen LogP contribution in [0.4, 0.5) is 0 Å². The predicted molar refractivity (Wildman–Crippen MR) is 120 cm³/mol. The first kappa shape index (κ1) is 22.4. The van der Waals surface area contributed by atoms with Crippen molar-refractivity contribution in [2.24, 2.45) is 0 Å². The molecular formula is C25H26N4O4. The van der Waals surface area contributed by atoms with Gasteiger partial charge in [-0.15, -0.1) is 0 Å². The van der Waals surface area contributed by atoms with Gasteiger partial charge in [-0.2, -0.15) is 0 Å². The maximum Gasteiger partial charge on any atom is 0.241 e. The average molecular weight is 447 g/mol. The normalized spacial score (nSPS) is 19.1. The summed E-state index contributed by atoms with van der Waals surface area (Å²) in [5.74, 6) is -0.910. The van der Waals surface area contributed by atoms with Gasteiger partial charge in [-0.05, 0) is 36.6 Å². The van der Waals surface area contributed by atoms with Crippen LogP contribution in [0, 0.1) is 6.92 Å². The van der Waals surface area contributed by atoms with E-state index in [4.69, 9.17) is 4.52 Å². The van der Waals surface area contributed by atoms with Crippen molar-refractivity contribution in [2.75, 3.05) is 7.05 Å². The molecule has 3 amide bonds. The number of nitrogens with zero attached hydrogens (tertiary/aromatic N) is 4. The summed E-state index contributed by atoms with van der Waals surface area (Å²) < 4.78 is 4.91. The molecule has 1 fully saturated rings. The zero-order valence-corrected chi connectivity index (χ0v) is 18.9. The van der Waals surface area contributed by atoms with Crippen molar-refractivity contribution in [2.45, 2.75) is 44.7 Å². The summed E-state index contributed by atoms with van der Waals surface area (Å²) in [6.07, 6.45) is 4.54. The van der Waals surface area contributed by atoms with E-state index in [2.05, 4.69) is 10.1 Å². The summed E-state index contributed by atoms with van der Waals surface area (Å²) in [6.45, 7) is 3.86. The minimum atomic E-state index is -1.26. The molecule has 3 heterocycles. The smallest absolute Gasteiger partial charge is 0.241 e. The van der Waals surface area contributed by atoms with Crippen molar-refractivity contribution >= 4 is 17.7 Å². The van der Waals surface area contributed by atoms with Gasteiger partial charge in [-0.1, -0.05) is 35.5 Å². The number of imide groups is 1. The second-order valence-corrected chi connectivity index (χ2v) is 8.50. The number of benzene rings is 1. The Balaban J connectivity index is 1.68. The number of pyridine rings is 1. The maximum atomic E-state index is 13.8. The highest BCUT2D eigenvalue weighted by Crippen LogP contribution is 2.42. The van der Waals surface area contributed by atoms with Crippen LogP contribution in [0.15, 0.2) is 65.6 Å². The van der Waals surface area contributed by atoms with E-state index in [1.165, 1.54) is 11.2 Å². The maximum absolute atomic E-state index is 13.8. The number of amides is 3. The number of carbonyl (C=O) groups excluding carboxylic acids is 3. The zero-order valence-electron chi connectivity index (χ0n) is 18.9. The summed E-state index contributed by atoms with van der Waals surface area (Å²) in [7, 11) is 1.67. The Morgan fingerprint density at radius 2 is 2.00 bits per heavy atom. The molecule has 1 aliphatic heterocycles.